The van der Waals surface area contributed by atoms with Crippen LogP contribution in [0.3, 0.4) is 0 Å². The Morgan fingerprint density at radius 1 is 1.32 bits per heavy atom. The van der Waals surface area contributed by atoms with E-state index in [-0.39, 0.29) is 17.1 Å². The van der Waals surface area contributed by atoms with Gasteiger partial charge in [0.15, 0.2) is 11.5 Å². The predicted molar refractivity (Wildman–Crippen MR) is 98.0 cm³/mol. The average Bonchev–Trinajstić information content (AvgIpc) is 2.58. The van der Waals surface area contributed by atoms with Crippen LogP contribution in [0, 0.1) is 11.3 Å². The maximum absolute atomic E-state index is 12.3. The fraction of sp³-hybridized carbons (Fsp3) is 0.111. The van der Waals surface area contributed by atoms with Crippen molar-refractivity contribution in [2.24, 2.45) is 0 Å². The molecule has 2 aromatic rings. The first-order chi connectivity index (χ1) is 11.9. The fourth-order valence-electron chi connectivity index (χ4n) is 1.99. The number of rotatable bonds is 5. The lowest BCUT2D eigenvalue weighted by atomic mass is 10.1. The van der Waals surface area contributed by atoms with E-state index >= 15 is 0 Å². The minimum absolute atomic E-state index is 0.0207. The second-order valence-corrected chi connectivity index (χ2v) is 5.75. The van der Waals surface area contributed by atoms with E-state index in [2.05, 4.69) is 5.32 Å². The van der Waals surface area contributed by atoms with E-state index in [1.807, 2.05) is 6.07 Å². The number of hydrogen-bond acceptors (Lipinski definition) is 4. The van der Waals surface area contributed by atoms with Crippen molar-refractivity contribution in [3.05, 3.63) is 57.6 Å². The first-order valence-electron chi connectivity index (χ1n) is 7.28. The molecule has 0 aliphatic carbocycles. The Labute approximate surface area is 155 Å². The molecule has 0 saturated heterocycles. The third-order valence-corrected chi connectivity index (χ3v) is 3.70. The minimum Gasteiger partial charge on any atom is -0.504 e. The van der Waals surface area contributed by atoms with Crippen LogP contribution in [0.5, 0.6) is 11.5 Å². The number of aromatic hydroxyl groups is 1. The largest absolute Gasteiger partial charge is 0.504 e. The zero-order valence-corrected chi connectivity index (χ0v) is 14.7. The van der Waals surface area contributed by atoms with Crippen molar-refractivity contribution in [2.75, 3.05) is 11.9 Å². The lowest BCUT2D eigenvalue weighted by molar-refractivity contribution is -0.112. The number of phenols is 1. The molecule has 0 aromatic heterocycles. The van der Waals surface area contributed by atoms with Gasteiger partial charge in [0.05, 0.1) is 17.3 Å². The number of carbonyl (C=O) groups excluding carboxylic acids is 1. The number of nitrogens with one attached hydrogen (secondary N) is 1. The second kappa shape index (κ2) is 8.43. The third-order valence-electron chi connectivity index (χ3n) is 3.14. The number of ether oxygens (including phenoxy) is 1. The molecule has 0 spiro atoms. The van der Waals surface area contributed by atoms with Crippen molar-refractivity contribution in [2.45, 2.75) is 6.92 Å². The van der Waals surface area contributed by atoms with Crippen molar-refractivity contribution in [1.29, 1.82) is 5.26 Å². The predicted octanol–water partition coefficient (Wildman–Crippen LogP) is 4.64. The minimum atomic E-state index is -0.627. The van der Waals surface area contributed by atoms with Crippen LogP contribution < -0.4 is 10.1 Å². The van der Waals surface area contributed by atoms with Crippen LogP contribution >= 0.6 is 23.2 Å². The van der Waals surface area contributed by atoms with Crippen molar-refractivity contribution in [3.8, 4) is 17.6 Å². The highest BCUT2D eigenvalue weighted by atomic mass is 35.5. The van der Waals surface area contributed by atoms with Gasteiger partial charge in [0, 0.05) is 5.02 Å². The summed E-state index contributed by atoms with van der Waals surface area (Å²) in [7, 11) is 0. The van der Waals surface area contributed by atoms with E-state index in [1.54, 1.807) is 25.1 Å². The average molecular weight is 377 g/mol. The molecule has 2 rings (SSSR count). The summed E-state index contributed by atoms with van der Waals surface area (Å²) >= 11 is 11.9. The molecule has 25 heavy (non-hydrogen) atoms. The molecule has 0 aliphatic rings. The molecule has 0 atom stereocenters. The van der Waals surface area contributed by atoms with Gasteiger partial charge < -0.3 is 15.2 Å². The maximum atomic E-state index is 12.3. The molecule has 0 saturated carbocycles. The number of halogens is 2. The van der Waals surface area contributed by atoms with E-state index in [1.165, 1.54) is 24.3 Å². The molecule has 0 heterocycles. The van der Waals surface area contributed by atoms with Crippen LogP contribution in [-0.2, 0) is 4.79 Å². The van der Waals surface area contributed by atoms with Crippen molar-refractivity contribution < 1.29 is 14.6 Å². The second-order valence-electron chi connectivity index (χ2n) is 4.91. The summed E-state index contributed by atoms with van der Waals surface area (Å²) in [6.07, 6.45) is 1.38. The highest BCUT2D eigenvalue weighted by Gasteiger charge is 2.12. The molecule has 1 amide bonds. The van der Waals surface area contributed by atoms with E-state index in [0.29, 0.717) is 27.9 Å². The Hall–Kier alpha value is -2.68. The number of nitriles is 1. The summed E-state index contributed by atoms with van der Waals surface area (Å²) in [6, 6.07) is 11.0. The molecule has 5 nitrogen and oxygen atoms in total. The Balaban J connectivity index is 2.28. The first kappa shape index (κ1) is 18.7. The van der Waals surface area contributed by atoms with Gasteiger partial charge in [0.2, 0.25) is 0 Å². The number of anilines is 1. The van der Waals surface area contributed by atoms with E-state index in [4.69, 9.17) is 27.9 Å². The summed E-state index contributed by atoms with van der Waals surface area (Å²) in [5, 5.41) is 22.2. The SMILES string of the molecule is CCOc1cc(C=C(C#N)C(=O)Nc2cc(Cl)ccc2Cl)ccc1O. The van der Waals surface area contributed by atoms with Gasteiger partial charge in [0.25, 0.3) is 5.91 Å². The van der Waals surface area contributed by atoms with Gasteiger partial charge in [0.1, 0.15) is 11.6 Å². The van der Waals surface area contributed by atoms with Crippen molar-refractivity contribution in [3.63, 3.8) is 0 Å². The van der Waals surface area contributed by atoms with E-state index in [9.17, 15) is 15.2 Å². The number of amides is 1. The quantitative estimate of drug-likeness (QED) is 0.587. The van der Waals surface area contributed by atoms with Crippen LogP contribution in [0.15, 0.2) is 42.0 Å². The van der Waals surface area contributed by atoms with E-state index < -0.39 is 5.91 Å². The standard InChI is InChI=1S/C18H14Cl2N2O3/c1-2-25-17-8-11(3-6-16(17)23)7-12(10-21)18(24)22-15-9-13(19)4-5-14(15)20/h3-9,23H,2H2,1H3,(H,22,24). The number of carbonyl (C=O) groups is 1. The Morgan fingerprint density at radius 3 is 2.76 bits per heavy atom. The molecule has 0 radical (unpaired) electrons. The van der Waals surface area contributed by atoms with Crippen LogP contribution in [0.2, 0.25) is 10.0 Å². The number of nitrogens with zero attached hydrogens (tertiary/aromatic N) is 1. The Morgan fingerprint density at radius 2 is 2.08 bits per heavy atom. The van der Waals surface area contributed by atoms with Crippen LogP contribution in [-0.4, -0.2) is 17.6 Å². The number of benzene rings is 2. The fourth-order valence-corrected chi connectivity index (χ4v) is 2.33. The zero-order valence-electron chi connectivity index (χ0n) is 13.2. The summed E-state index contributed by atoms with van der Waals surface area (Å²) in [6.45, 7) is 2.16. The topological polar surface area (TPSA) is 82.3 Å². The zero-order chi connectivity index (χ0) is 18.4. The molecule has 7 heteroatoms. The maximum Gasteiger partial charge on any atom is 0.266 e. The number of hydrogen-bond donors (Lipinski definition) is 2. The lowest BCUT2D eigenvalue weighted by Gasteiger charge is -2.08. The van der Waals surface area contributed by atoms with Gasteiger partial charge in [-0.2, -0.15) is 5.26 Å². The molecule has 2 aromatic carbocycles. The smallest absolute Gasteiger partial charge is 0.266 e. The first-order valence-corrected chi connectivity index (χ1v) is 8.04. The molecule has 2 N–H and O–H groups in total. The van der Waals surface area contributed by atoms with Crippen LogP contribution in [0.25, 0.3) is 6.08 Å². The van der Waals surface area contributed by atoms with Gasteiger partial charge in [-0.3, -0.25) is 4.79 Å². The molecular weight excluding hydrogens is 363 g/mol. The van der Waals surface area contributed by atoms with E-state index in [0.717, 1.165) is 0 Å². The van der Waals surface area contributed by atoms with Crippen LogP contribution in [0.1, 0.15) is 12.5 Å². The summed E-state index contributed by atoms with van der Waals surface area (Å²) in [5.41, 5.74) is 0.704. The summed E-state index contributed by atoms with van der Waals surface area (Å²) < 4.78 is 5.28. The Bertz CT molecular complexity index is 873. The Kier molecular flexibility index (Phi) is 6.29. The molecule has 128 valence electrons. The molecule has 0 bridgehead atoms. The third kappa shape index (κ3) is 4.90. The van der Waals surface area contributed by atoms with Gasteiger partial charge in [-0.15, -0.1) is 0 Å². The van der Waals surface area contributed by atoms with Gasteiger partial charge in [-0.25, -0.2) is 0 Å². The van der Waals surface area contributed by atoms with Crippen LogP contribution in [0.4, 0.5) is 5.69 Å². The highest BCUT2D eigenvalue weighted by Crippen LogP contribution is 2.28. The van der Waals surface area contributed by atoms with Gasteiger partial charge >= 0.3 is 0 Å². The van der Waals surface area contributed by atoms with Crippen molar-refractivity contribution in [1.82, 2.24) is 0 Å². The lowest BCUT2D eigenvalue weighted by Crippen LogP contribution is -2.13. The summed E-state index contributed by atoms with van der Waals surface area (Å²) in [5.74, 6) is -0.378. The molecular formula is C18H14Cl2N2O3. The van der Waals surface area contributed by atoms with Gasteiger partial charge in [-0.05, 0) is 48.9 Å². The monoisotopic (exact) mass is 376 g/mol. The highest BCUT2D eigenvalue weighted by molar-refractivity contribution is 6.36. The molecule has 0 fully saturated rings. The molecule has 0 unspecified atom stereocenters. The summed E-state index contributed by atoms with van der Waals surface area (Å²) in [4.78, 5) is 12.3. The molecule has 0 aliphatic heterocycles. The van der Waals surface area contributed by atoms with Gasteiger partial charge in [-0.1, -0.05) is 29.3 Å². The number of phenolic OH excluding ortho intramolecular Hbond substituents is 1. The van der Waals surface area contributed by atoms with Crippen molar-refractivity contribution >= 4 is 40.9 Å². The normalized spacial score (nSPS) is 10.9.